The standard InChI is InChI=1S/C74H66/c1-71(2,3)47-35-45(36-48(39-47)72(4,5)6)52-34-33-51(43-23-15-13-16-24-43)67-57-31-21-29-55-60-42-62-66-56(59(60)41-61(65(55)57)68(52)67)30-22-32-58(66)69-63(44-25-17-14-18-26-44)53-27-19-20-28-54(53)64(70(62)69)46-37-49(73(7,8)9)40-50(38-46)74(10,11)12/h13-42H,1-12H3. The zero-order chi connectivity index (χ0) is 51.4. The van der Waals surface area contributed by atoms with Gasteiger partial charge in [-0.05, 0) is 187 Å². The van der Waals surface area contributed by atoms with Crippen LogP contribution in [0.25, 0.3) is 131 Å². The predicted molar refractivity (Wildman–Crippen MR) is 325 cm³/mol. The summed E-state index contributed by atoms with van der Waals surface area (Å²) in [5, 5.41) is 21.1. The highest BCUT2D eigenvalue weighted by molar-refractivity contribution is 6.46. The summed E-state index contributed by atoms with van der Waals surface area (Å²) in [5.74, 6) is 0. The first-order valence-electron chi connectivity index (χ1n) is 26.9. The van der Waals surface area contributed by atoms with Crippen LogP contribution < -0.4 is 0 Å². The van der Waals surface area contributed by atoms with E-state index in [1.165, 1.54) is 153 Å². The van der Waals surface area contributed by atoms with E-state index >= 15 is 0 Å². The van der Waals surface area contributed by atoms with Gasteiger partial charge >= 0.3 is 0 Å². The molecule has 0 bridgehead atoms. The van der Waals surface area contributed by atoms with Gasteiger partial charge in [0.25, 0.3) is 0 Å². The Hall–Kier alpha value is -7.54. The Bertz CT molecular complexity index is 4340. The lowest BCUT2D eigenvalue weighted by atomic mass is 9.77. The van der Waals surface area contributed by atoms with Crippen LogP contribution in [-0.2, 0) is 21.7 Å². The zero-order valence-electron chi connectivity index (χ0n) is 45.3. The zero-order valence-corrected chi connectivity index (χ0v) is 45.3. The van der Waals surface area contributed by atoms with E-state index in [2.05, 4.69) is 265 Å². The minimum Gasteiger partial charge on any atom is -0.0622 e. The van der Waals surface area contributed by atoms with E-state index in [0.29, 0.717) is 0 Å². The molecular weight excluding hydrogens is 889 g/mol. The Kier molecular flexibility index (Phi) is 9.99. The summed E-state index contributed by atoms with van der Waals surface area (Å²) in [6, 6.07) is 70.7. The molecule has 0 aliphatic carbocycles. The minimum atomic E-state index is -0.0408. The molecule has 0 aliphatic heterocycles. The van der Waals surface area contributed by atoms with E-state index in [4.69, 9.17) is 0 Å². The van der Waals surface area contributed by atoms with Crippen LogP contribution in [0.1, 0.15) is 105 Å². The van der Waals surface area contributed by atoms with Crippen molar-refractivity contribution in [1.82, 2.24) is 0 Å². The molecule has 0 heterocycles. The first-order chi connectivity index (χ1) is 35.3. The Morgan fingerprint density at radius 2 is 0.541 bits per heavy atom. The third-order valence-electron chi connectivity index (χ3n) is 16.7. The van der Waals surface area contributed by atoms with Crippen LogP contribution in [-0.4, -0.2) is 0 Å². The van der Waals surface area contributed by atoms with Crippen LogP contribution in [0, 0.1) is 0 Å². The normalized spacial score (nSPS) is 13.1. The third-order valence-corrected chi connectivity index (χ3v) is 16.7. The van der Waals surface area contributed by atoms with Gasteiger partial charge in [-0.3, -0.25) is 0 Å². The minimum absolute atomic E-state index is 0.0170. The third kappa shape index (κ3) is 7.01. The summed E-state index contributed by atoms with van der Waals surface area (Å²) in [6.45, 7) is 28.3. The largest absolute Gasteiger partial charge is 0.0622 e. The highest BCUT2D eigenvalue weighted by atomic mass is 14.3. The second-order valence-corrected chi connectivity index (χ2v) is 25.7. The van der Waals surface area contributed by atoms with Crippen molar-refractivity contribution in [2.45, 2.75) is 105 Å². The average molecular weight is 955 g/mol. The molecule has 0 saturated heterocycles. The van der Waals surface area contributed by atoms with Crippen molar-refractivity contribution < 1.29 is 0 Å². The topological polar surface area (TPSA) is 0 Å². The van der Waals surface area contributed by atoms with Gasteiger partial charge in [0.2, 0.25) is 0 Å². The van der Waals surface area contributed by atoms with Gasteiger partial charge in [-0.2, -0.15) is 0 Å². The van der Waals surface area contributed by atoms with E-state index in [-0.39, 0.29) is 21.7 Å². The van der Waals surface area contributed by atoms with E-state index in [0.717, 1.165) is 0 Å². The van der Waals surface area contributed by atoms with E-state index in [9.17, 15) is 0 Å². The smallest absolute Gasteiger partial charge is 0.000719 e. The highest BCUT2D eigenvalue weighted by Crippen LogP contribution is 2.55. The maximum absolute atomic E-state index is 2.60. The number of benzene rings is 11. The van der Waals surface area contributed by atoms with Crippen LogP contribution in [0.5, 0.6) is 0 Å². The molecular formula is C74H66. The molecule has 0 spiro atoms. The van der Waals surface area contributed by atoms with E-state index < -0.39 is 0 Å². The molecule has 0 aromatic heterocycles. The van der Waals surface area contributed by atoms with E-state index in [1.54, 1.807) is 0 Å². The summed E-state index contributed by atoms with van der Waals surface area (Å²) in [6.07, 6.45) is 0. The fourth-order valence-electron chi connectivity index (χ4n) is 12.7. The van der Waals surface area contributed by atoms with Gasteiger partial charge in [-0.15, -0.1) is 0 Å². The van der Waals surface area contributed by atoms with Gasteiger partial charge in [0.05, 0.1) is 0 Å². The van der Waals surface area contributed by atoms with Crippen molar-refractivity contribution in [3.8, 4) is 44.5 Å². The van der Waals surface area contributed by atoms with Crippen LogP contribution in [0.2, 0.25) is 0 Å². The van der Waals surface area contributed by atoms with Crippen molar-refractivity contribution in [2.24, 2.45) is 0 Å². The average Bonchev–Trinajstić information content (AvgIpc) is 3.89. The molecule has 0 radical (unpaired) electrons. The number of hydrogen-bond acceptors (Lipinski definition) is 0. The second kappa shape index (κ2) is 16.0. The first-order valence-corrected chi connectivity index (χ1v) is 26.9. The van der Waals surface area contributed by atoms with Gasteiger partial charge in [-0.1, -0.05) is 253 Å². The van der Waals surface area contributed by atoms with Gasteiger partial charge in [-0.25, -0.2) is 0 Å². The molecule has 362 valence electrons. The van der Waals surface area contributed by atoms with Crippen LogP contribution in [0.15, 0.2) is 182 Å². The van der Waals surface area contributed by atoms with Gasteiger partial charge < -0.3 is 0 Å². The molecule has 0 nitrogen and oxygen atoms in total. The maximum atomic E-state index is 2.60. The molecule has 0 unspecified atom stereocenters. The monoisotopic (exact) mass is 955 g/mol. The lowest BCUT2D eigenvalue weighted by Crippen LogP contribution is -2.16. The summed E-state index contributed by atoms with van der Waals surface area (Å²) >= 11 is 0. The number of fused-ring (bicyclic) bond motifs is 10. The quantitative estimate of drug-likeness (QED) is 0.154. The summed E-state index contributed by atoms with van der Waals surface area (Å²) < 4.78 is 0. The Labute approximate surface area is 437 Å². The summed E-state index contributed by atoms with van der Waals surface area (Å²) in [5.41, 5.74) is 15.6. The second-order valence-electron chi connectivity index (χ2n) is 25.7. The molecule has 0 N–H and O–H groups in total. The molecule has 13 aromatic rings. The lowest BCUT2D eigenvalue weighted by molar-refractivity contribution is 0.568. The molecule has 0 aliphatic rings. The molecule has 13 aromatic carbocycles. The van der Waals surface area contributed by atoms with Gasteiger partial charge in [0.1, 0.15) is 0 Å². The molecule has 0 heteroatoms. The van der Waals surface area contributed by atoms with Crippen molar-refractivity contribution >= 4 is 86.2 Å². The molecule has 0 amide bonds. The predicted octanol–water partition coefficient (Wildman–Crippen LogP) is 21.6. The Morgan fingerprint density at radius 3 is 1.01 bits per heavy atom. The van der Waals surface area contributed by atoms with Gasteiger partial charge in [0, 0.05) is 0 Å². The van der Waals surface area contributed by atoms with E-state index in [1.807, 2.05) is 0 Å². The van der Waals surface area contributed by atoms with Crippen molar-refractivity contribution in [3.05, 3.63) is 204 Å². The fourth-order valence-corrected chi connectivity index (χ4v) is 12.7. The SMILES string of the molecule is CC(C)(C)c1cc(-c2ccc(-c3ccccc3)c3c4cccc5c6cc7c8c(-c9cc(C(C)(C)C)cc(C(C)(C)C)c9)c9ccccc9c(-c9ccccc9)c8c8cccc(c6cc(c23)c54)c87)cc(C(C)(C)C)c1. The Morgan fingerprint density at radius 1 is 0.203 bits per heavy atom. The fraction of sp³-hybridized carbons (Fsp3) is 0.216. The molecule has 13 rings (SSSR count). The van der Waals surface area contributed by atoms with Crippen LogP contribution in [0.4, 0.5) is 0 Å². The van der Waals surface area contributed by atoms with Crippen LogP contribution >= 0.6 is 0 Å². The highest BCUT2D eigenvalue weighted by Gasteiger charge is 2.29. The van der Waals surface area contributed by atoms with Crippen molar-refractivity contribution in [3.63, 3.8) is 0 Å². The maximum Gasteiger partial charge on any atom is -0.000719 e. The molecule has 0 atom stereocenters. The Balaban J connectivity index is 1.24. The van der Waals surface area contributed by atoms with Crippen molar-refractivity contribution in [1.29, 1.82) is 0 Å². The summed E-state index contributed by atoms with van der Waals surface area (Å²) in [4.78, 5) is 0. The lowest BCUT2D eigenvalue weighted by Gasteiger charge is -2.27. The van der Waals surface area contributed by atoms with Crippen molar-refractivity contribution in [2.75, 3.05) is 0 Å². The van der Waals surface area contributed by atoms with Gasteiger partial charge in [0.15, 0.2) is 0 Å². The first kappa shape index (κ1) is 46.3. The molecule has 0 fully saturated rings. The van der Waals surface area contributed by atoms with Crippen LogP contribution in [0.3, 0.4) is 0 Å². The number of rotatable bonds is 4. The molecule has 0 saturated carbocycles. The number of hydrogen-bond donors (Lipinski definition) is 0. The molecule has 74 heavy (non-hydrogen) atoms. The summed E-state index contributed by atoms with van der Waals surface area (Å²) in [7, 11) is 0.